The quantitative estimate of drug-likeness (QED) is 0.785. The Hall–Kier alpha value is -1.45. The van der Waals surface area contributed by atoms with Crippen LogP contribution in [-0.2, 0) is 0 Å². The lowest BCUT2D eigenvalue weighted by Crippen LogP contribution is -1.91. The molecule has 1 aromatic heterocycles. The van der Waals surface area contributed by atoms with Crippen molar-refractivity contribution in [2.45, 2.75) is 0 Å². The van der Waals surface area contributed by atoms with Crippen LogP contribution in [0, 0.1) is 17.1 Å². The second-order valence-corrected chi connectivity index (χ2v) is 5.07. The van der Waals surface area contributed by atoms with Crippen molar-refractivity contribution in [3.05, 3.63) is 50.8 Å². The van der Waals surface area contributed by atoms with E-state index >= 15 is 0 Å². The molecule has 0 aliphatic heterocycles. The summed E-state index contributed by atoms with van der Waals surface area (Å²) in [6.45, 7) is 0. The first-order valence-electron chi connectivity index (χ1n) is 4.78. The fourth-order valence-electron chi connectivity index (χ4n) is 1.24. The molecular formula is C12H5Br2FN2O. The Bertz CT molecular complexity index is 640. The highest BCUT2D eigenvalue weighted by Crippen LogP contribution is 2.30. The number of hydrogen-bond donors (Lipinski definition) is 0. The average molecular weight is 372 g/mol. The van der Waals surface area contributed by atoms with Crippen LogP contribution < -0.4 is 4.74 Å². The van der Waals surface area contributed by atoms with Crippen molar-refractivity contribution in [2.24, 2.45) is 0 Å². The van der Waals surface area contributed by atoms with Gasteiger partial charge in [0, 0.05) is 16.7 Å². The van der Waals surface area contributed by atoms with Crippen LogP contribution in [0.4, 0.5) is 4.39 Å². The minimum Gasteiger partial charge on any atom is -0.438 e. The zero-order valence-electron chi connectivity index (χ0n) is 8.82. The van der Waals surface area contributed by atoms with E-state index in [9.17, 15) is 4.39 Å². The normalized spacial score (nSPS) is 9.89. The number of ether oxygens (including phenoxy) is 1. The molecular weight excluding hydrogens is 367 g/mol. The molecule has 0 fully saturated rings. The molecule has 0 spiro atoms. The Morgan fingerprint density at radius 3 is 2.67 bits per heavy atom. The Labute approximate surface area is 119 Å². The number of halogens is 3. The molecule has 0 unspecified atom stereocenters. The molecule has 3 nitrogen and oxygen atoms in total. The van der Waals surface area contributed by atoms with Gasteiger partial charge in [0.1, 0.15) is 17.6 Å². The minimum atomic E-state index is -0.622. The van der Waals surface area contributed by atoms with E-state index in [2.05, 4.69) is 36.8 Å². The van der Waals surface area contributed by atoms with E-state index in [-0.39, 0.29) is 11.3 Å². The summed E-state index contributed by atoms with van der Waals surface area (Å²) in [5.74, 6) is -0.0208. The fraction of sp³-hybridized carbons (Fsp3) is 0. The van der Waals surface area contributed by atoms with Gasteiger partial charge in [0.2, 0.25) is 5.88 Å². The molecule has 18 heavy (non-hydrogen) atoms. The van der Waals surface area contributed by atoms with Crippen molar-refractivity contribution in [3.63, 3.8) is 0 Å². The third kappa shape index (κ3) is 2.86. The van der Waals surface area contributed by atoms with Gasteiger partial charge in [-0.15, -0.1) is 0 Å². The standard InChI is InChI=1S/C12H5Br2FN2O/c13-8-3-10(14)12(17-6-8)18-9-2-1-7(5-16)11(15)4-9/h1-4,6H. The first-order valence-corrected chi connectivity index (χ1v) is 6.37. The zero-order valence-corrected chi connectivity index (χ0v) is 12.0. The molecule has 0 N–H and O–H groups in total. The van der Waals surface area contributed by atoms with E-state index in [0.717, 1.165) is 10.5 Å². The van der Waals surface area contributed by atoms with Crippen LogP contribution in [-0.4, -0.2) is 4.98 Å². The highest BCUT2D eigenvalue weighted by Gasteiger charge is 2.08. The maximum absolute atomic E-state index is 13.4. The second kappa shape index (κ2) is 5.46. The molecule has 0 radical (unpaired) electrons. The monoisotopic (exact) mass is 370 g/mol. The number of pyridine rings is 1. The highest BCUT2D eigenvalue weighted by atomic mass is 79.9. The molecule has 0 saturated heterocycles. The SMILES string of the molecule is N#Cc1ccc(Oc2ncc(Br)cc2Br)cc1F. The number of nitriles is 1. The molecule has 2 rings (SSSR count). The number of hydrogen-bond acceptors (Lipinski definition) is 3. The van der Waals surface area contributed by atoms with Gasteiger partial charge in [-0.25, -0.2) is 9.37 Å². The summed E-state index contributed by atoms with van der Waals surface area (Å²) in [4.78, 5) is 4.04. The van der Waals surface area contributed by atoms with Crippen molar-refractivity contribution >= 4 is 31.9 Å². The van der Waals surface area contributed by atoms with Crippen LogP contribution in [0.25, 0.3) is 0 Å². The van der Waals surface area contributed by atoms with Gasteiger partial charge >= 0.3 is 0 Å². The lowest BCUT2D eigenvalue weighted by Gasteiger charge is -2.07. The van der Waals surface area contributed by atoms with Gasteiger partial charge in [0.15, 0.2) is 0 Å². The number of rotatable bonds is 2. The summed E-state index contributed by atoms with van der Waals surface area (Å²) in [5.41, 5.74) is -0.0230. The minimum absolute atomic E-state index is 0.0230. The molecule has 6 heteroatoms. The van der Waals surface area contributed by atoms with E-state index in [1.165, 1.54) is 12.1 Å². The average Bonchev–Trinajstić information content (AvgIpc) is 2.33. The van der Waals surface area contributed by atoms with Gasteiger partial charge in [-0.05, 0) is 50.1 Å². The van der Waals surface area contributed by atoms with Gasteiger partial charge < -0.3 is 4.74 Å². The molecule has 0 saturated carbocycles. The second-order valence-electron chi connectivity index (χ2n) is 3.30. The van der Waals surface area contributed by atoms with Crippen molar-refractivity contribution in [1.29, 1.82) is 5.26 Å². The van der Waals surface area contributed by atoms with Gasteiger partial charge in [0.25, 0.3) is 0 Å². The van der Waals surface area contributed by atoms with Crippen LogP contribution >= 0.6 is 31.9 Å². The first-order chi connectivity index (χ1) is 8.60. The van der Waals surface area contributed by atoms with E-state index in [0.29, 0.717) is 10.4 Å². The fourth-order valence-corrected chi connectivity index (χ4v) is 2.31. The molecule has 90 valence electrons. The predicted octanol–water partition coefficient (Wildman–Crippen LogP) is 4.41. The van der Waals surface area contributed by atoms with E-state index in [4.69, 9.17) is 10.00 Å². The Morgan fingerprint density at radius 2 is 2.06 bits per heavy atom. The lowest BCUT2D eigenvalue weighted by molar-refractivity contribution is 0.454. The zero-order chi connectivity index (χ0) is 13.1. The molecule has 0 bridgehead atoms. The van der Waals surface area contributed by atoms with Crippen LogP contribution in [0.1, 0.15) is 5.56 Å². The third-order valence-electron chi connectivity index (χ3n) is 2.05. The number of nitrogens with zero attached hydrogens (tertiary/aromatic N) is 2. The summed E-state index contributed by atoms with van der Waals surface area (Å²) >= 11 is 6.56. The van der Waals surface area contributed by atoms with Gasteiger partial charge in [-0.1, -0.05) is 0 Å². The maximum atomic E-state index is 13.4. The summed E-state index contributed by atoms with van der Waals surface area (Å²) in [7, 11) is 0. The molecule has 1 heterocycles. The predicted molar refractivity (Wildman–Crippen MR) is 70.8 cm³/mol. The van der Waals surface area contributed by atoms with Gasteiger partial charge in [-0.2, -0.15) is 5.26 Å². The molecule has 1 aromatic carbocycles. The Morgan fingerprint density at radius 1 is 1.28 bits per heavy atom. The summed E-state index contributed by atoms with van der Waals surface area (Å²) in [5, 5.41) is 8.62. The lowest BCUT2D eigenvalue weighted by atomic mass is 10.2. The largest absolute Gasteiger partial charge is 0.438 e. The van der Waals surface area contributed by atoms with Crippen LogP contribution in [0.2, 0.25) is 0 Å². The molecule has 2 aromatic rings. The Kier molecular flexibility index (Phi) is 3.94. The van der Waals surface area contributed by atoms with Crippen LogP contribution in [0.3, 0.4) is 0 Å². The van der Waals surface area contributed by atoms with Crippen molar-refractivity contribution in [2.75, 3.05) is 0 Å². The molecule has 0 aliphatic carbocycles. The van der Waals surface area contributed by atoms with E-state index in [1.807, 2.05) is 0 Å². The van der Waals surface area contributed by atoms with Gasteiger partial charge in [0.05, 0.1) is 10.0 Å². The summed E-state index contributed by atoms with van der Waals surface area (Å²) < 4.78 is 20.2. The van der Waals surface area contributed by atoms with Crippen molar-refractivity contribution < 1.29 is 9.13 Å². The molecule has 0 atom stereocenters. The van der Waals surface area contributed by atoms with E-state index < -0.39 is 5.82 Å². The summed E-state index contributed by atoms with van der Waals surface area (Å²) in [6.07, 6.45) is 1.57. The number of aromatic nitrogens is 1. The first kappa shape index (κ1) is 13.0. The maximum Gasteiger partial charge on any atom is 0.233 e. The Balaban J connectivity index is 2.29. The third-order valence-corrected chi connectivity index (χ3v) is 3.05. The van der Waals surface area contributed by atoms with Gasteiger partial charge in [-0.3, -0.25) is 0 Å². The number of benzene rings is 1. The summed E-state index contributed by atoms with van der Waals surface area (Å²) in [6, 6.07) is 7.53. The molecule has 0 amide bonds. The van der Waals surface area contributed by atoms with Crippen LogP contribution in [0.5, 0.6) is 11.6 Å². The highest BCUT2D eigenvalue weighted by molar-refractivity contribution is 9.11. The van der Waals surface area contributed by atoms with Crippen molar-refractivity contribution in [1.82, 2.24) is 4.98 Å². The topological polar surface area (TPSA) is 45.9 Å². The van der Waals surface area contributed by atoms with Crippen molar-refractivity contribution in [3.8, 4) is 17.7 Å². The smallest absolute Gasteiger partial charge is 0.233 e. The van der Waals surface area contributed by atoms with E-state index in [1.54, 1.807) is 18.3 Å². The van der Waals surface area contributed by atoms with Crippen LogP contribution in [0.15, 0.2) is 39.4 Å². The molecule has 0 aliphatic rings.